The molecule has 2 aromatic rings. The Morgan fingerprint density at radius 2 is 1.85 bits per heavy atom. The van der Waals surface area contributed by atoms with Crippen molar-refractivity contribution in [1.29, 1.82) is 0 Å². The van der Waals surface area contributed by atoms with Gasteiger partial charge in [-0.3, -0.25) is 30.0 Å². The molecule has 0 saturated carbocycles. The SMILES string of the molecule is O=C1NC(=O)N(c2ccc(F)cc2)C(=O)[C@H]1C=Nc1cccc([N+](=O)[O-])c1. The maximum Gasteiger partial charge on any atom is 0.335 e. The fraction of sp³-hybridized carbons (Fsp3) is 0.0588. The van der Waals surface area contributed by atoms with Crippen LogP contribution in [-0.4, -0.2) is 29.0 Å². The molecule has 1 aliphatic rings. The van der Waals surface area contributed by atoms with Gasteiger partial charge < -0.3 is 0 Å². The zero-order valence-corrected chi connectivity index (χ0v) is 13.5. The van der Waals surface area contributed by atoms with E-state index in [0.29, 0.717) is 4.90 Å². The molecular formula is C17H11FN4O5. The molecule has 136 valence electrons. The summed E-state index contributed by atoms with van der Waals surface area (Å²) in [6.45, 7) is 0. The molecule has 4 amide bonds. The number of imide groups is 2. The van der Waals surface area contributed by atoms with E-state index in [1.165, 1.54) is 36.4 Å². The summed E-state index contributed by atoms with van der Waals surface area (Å²) in [5, 5.41) is 12.8. The van der Waals surface area contributed by atoms with Gasteiger partial charge in [0.2, 0.25) is 5.91 Å². The van der Waals surface area contributed by atoms with Gasteiger partial charge >= 0.3 is 6.03 Å². The first-order valence-corrected chi connectivity index (χ1v) is 7.60. The maximum atomic E-state index is 13.1. The molecule has 1 saturated heterocycles. The zero-order chi connectivity index (χ0) is 19.6. The quantitative estimate of drug-likeness (QED) is 0.383. The van der Waals surface area contributed by atoms with E-state index in [1.807, 2.05) is 5.32 Å². The third-order valence-electron chi connectivity index (χ3n) is 3.70. The lowest BCUT2D eigenvalue weighted by atomic mass is 10.1. The van der Waals surface area contributed by atoms with Crippen LogP contribution in [-0.2, 0) is 9.59 Å². The van der Waals surface area contributed by atoms with Crippen molar-refractivity contribution in [3.8, 4) is 0 Å². The number of urea groups is 1. The monoisotopic (exact) mass is 370 g/mol. The highest BCUT2D eigenvalue weighted by Gasteiger charge is 2.40. The fourth-order valence-corrected chi connectivity index (χ4v) is 2.40. The second-order valence-corrected chi connectivity index (χ2v) is 5.48. The molecule has 0 bridgehead atoms. The van der Waals surface area contributed by atoms with E-state index in [0.717, 1.165) is 18.3 Å². The van der Waals surface area contributed by atoms with Crippen molar-refractivity contribution in [3.05, 3.63) is 64.5 Å². The molecule has 1 fully saturated rings. The Labute approximate surface area is 151 Å². The number of benzene rings is 2. The van der Waals surface area contributed by atoms with Gasteiger partial charge in [0.1, 0.15) is 5.82 Å². The van der Waals surface area contributed by atoms with Crippen molar-refractivity contribution in [1.82, 2.24) is 5.32 Å². The number of nitrogens with one attached hydrogen (secondary N) is 1. The topological polar surface area (TPSA) is 122 Å². The van der Waals surface area contributed by atoms with E-state index in [9.17, 15) is 28.9 Å². The first-order valence-electron chi connectivity index (χ1n) is 7.60. The van der Waals surface area contributed by atoms with E-state index >= 15 is 0 Å². The van der Waals surface area contributed by atoms with Crippen LogP contribution in [0.2, 0.25) is 0 Å². The summed E-state index contributed by atoms with van der Waals surface area (Å²) in [4.78, 5) is 51.4. The van der Waals surface area contributed by atoms with Gasteiger partial charge in [0.15, 0.2) is 5.92 Å². The van der Waals surface area contributed by atoms with Crippen molar-refractivity contribution in [2.75, 3.05) is 4.90 Å². The molecule has 0 radical (unpaired) electrons. The fourth-order valence-electron chi connectivity index (χ4n) is 2.40. The average Bonchev–Trinajstić information content (AvgIpc) is 2.63. The molecule has 1 heterocycles. The number of nitro groups is 1. The summed E-state index contributed by atoms with van der Waals surface area (Å²) >= 11 is 0. The third-order valence-corrected chi connectivity index (χ3v) is 3.70. The van der Waals surface area contributed by atoms with Crippen molar-refractivity contribution in [3.63, 3.8) is 0 Å². The van der Waals surface area contributed by atoms with Crippen molar-refractivity contribution in [2.24, 2.45) is 10.9 Å². The lowest BCUT2D eigenvalue weighted by molar-refractivity contribution is -0.384. The van der Waals surface area contributed by atoms with E-state index in [1.54, 1.807) is 0 Å². The first kappa shape index (κ1) is 17.9. The summed E-state index contributed by atoms with van der Waals surface area (Å²) in [7, 11) is 0. The van der Waals surface area contributed by atoms with Crippen LogP contribution in [0.4, 0.5) is 26.2 Å². The van der Waals surface area contributed by atoms with E-state index in [2.05, 4.69) is 4.99 Å². The Balaban J connectivity index is 1.88. The number of hydrogen-bond acceptors (Lipinski definition) is 6. The van der Waals surface area contributed by atoms with Crippen LogP contribution in [0, 0.1) is 21.8 Å². The van der Waals surface area contributed by atoms with Gasteiger partial charge in [0, 0.05) is 18.3 Å². The minimum Gasteiger partial charge on any atom is -0.276 e. The van der Waals surface area contributed by atoms with Gasteiger partial charge in [0.25, 0.3) is 11.6 Å². The number of aliphatic imine (C=N–C) groups is 1. The average molecular weight is 370 g/mol. The summed E-state index contributed by atoms with van der Waals surface area (Å²) in [6, 6.07) is 8.92. The number of nitrogens with zero attached hydrogens (tertiary/aromatic N) is 3. The summed E-state index contributed by atoms with van der Waals surface area (Å²) < 4.78 is 13.1. The van der Waals surface area contributed by atoms with E-state index in [4.69, 9.17) is 0 Å². The molecule has 1 aliphatic heterocycles. The van der Waals surface area contributed by atoms with Crippen molar-refractivity contribution in [2.45, 2.75) is 0 Å². The third kappa shape index (κ3) is 3.68. The number of barbiturate groups is 1. The van der Waals surface area contributed by atoms with Crippen molar-refractivity contribution < 1.29 is 23.7 Å². The highest BCUT2D eigenvalue weighted by molar-refractivity contribution is 6.32. The van der Waals surface area contributed by atoms with Crippen LogP contribution in [0.15, 0.2) is 53.5 Å². The molecule has 0 unspecified atom stereocenters. The predicted molar refractivity (Wildman–Crippen MR) is 92.2 cm³/mol. The summed E-state index contributed by atoms with van der Waals surface area (Å²) in [5.41, 5.74) is 0.0439. The molecule has 9 nitrogen and oxygen atoms in total. The minimum absolute atomic E-state index is 0.0835. The highest BCUT2D eigenvalue weighted by atomic mass is 19.1. The smallest absolute Gasteiger partial charge is 0.276 e. The Bertz CT molecular complexity index is 974. The zero-order valence-electron chi connectivity index (χ0n) is 13.5. The van der Waals surface area contributed by atoms with Gasteiger partial charge in [-0.2, -0.15) is 0 Å². The van der Waals surface area contributed by atoms with Crippen LogP contribution >= 0.6 is 0 Å². The Hall–Kier alpha value is -3.95. The van der Waals surface area contributed by atoms with Crippen LogP contribution in [0.5, 0.6) is 0 Å². The maximum absolute atomic E-state index is 13.1. The summed E-state index contributed by atoms with van der Waals surface area (Å²) in [5.74, 6) is -3.72. The Morgan fingerprint density at radius 3 is 2.52 bits per heavy atom. The van der Waals surface area contributed by atoms with E-state index < -0.39 is 34.5 Å². The molecule has 27 heavy (non-hydrogen) atoms. The molecule has 2 aromatic carbocycles. The van der Waals surface area contributed by atoms with Crippen LogP contribution in [0.1, 0.15) is 0 Å². The second-order valence-electron chi connectivity index (χ2n) is 5.48. The number of non-ortho nitro benzene ring substituents is 1. The predicted octanol–water partition coefficient (Wildman–Crippen LogP) is 2.34. The number of carbonyl (C=O) groups is 3. The Morgan fingerprint density at radius 1 is 1.15 bits per heavy atom. The van der Waals surface area contributed by atoms with E-state index in [-0.39, 0.29) is 17.1 Å². The molecule has 0 aliphatic carbocycles. The van der Waals surface area contributed by atoms with Gasteiger partial charge in [-0.25, -0.2) is 14.1 Å². The van der Waals surface area contributed by atoms with Gasteiger partial charge in [-0.05, 0) is 30.3 Å². The standard InChI is InChI=1S/C17H11FN4O5/c18-10-4-6-12(7-5-10)21-16(24)14(15(23)20-17(21)25)9-19-11-2-1-3-13(8-11)22(26)27/h1-9,14H,(H,20,23,25)/t14-/m0/s1. The molecule has 1 atom stereocenters. The second kappa shape index (κ2) is 7.12. The number of hydrogen-bond donors (Lipinski definition) is 1. The molecule has 1 N–H and O–H groups in total. The Kier molecular flexibility index (Phi) is 4.71. The molecular weight excluding hydrogens is 359 g/mol. The highest BCUT2D eigenvalue weighted by Crippen LogP contribution is 2.22. The van der Waals surface area contributed by atoms with Crippen LogP contribution in [0.3, 0.4) is 0 Å². The number of carbonyl (C=O) groups excluding carboxylic acids is 3. The molecule has 0 aromatic heterocycles. The van der Waals surface area contributed by atoms with Crippen molar-refractivity contribution >= 4 is 41.1 Å². The largest absolute Gasteiger partial charge is 0.335 e. The van der Waals surface area contributed by atoms with Crippen LogP contribution in [0.25, 0.3) is 0 Å². The molecule has 3 rings (SSSR count). The molecule has 0 spiro atoms. The van der Waals surface area contributed by atoms with Crippen LogP contribution < -0.4 is 10.2 Å². The van der Waals surface area contributed by atoms with Gasteiger partial charge in [0.05, 0.1) is 16.3 Å². The number of anilines is 1. The summed E-state index contributed by atoms with van der Waals surface area (Å²) in [6.07, 6.45) is 1.000. The first-order chi connectivity index (χ1) is 12.9. The normalized spacial score (nSPS) is 17.3. The number of nitro benzene ring substituents is 1. The lowest BCUT2D eigenvalue weighted by Gasteiger charge is -2.28. The lowest BCUT2D eigenvalue weighted by Crippen LogP contribution is -2.58. The number of halogens is 1. The number of rotatable bonds is 4. The molecule has 10 heteroatoms. The van der Waals surface area contributed by atoms with Gasteiger partial charge in [-0.1, -0.05) is 6.07 Å². The van der Waals surface area contributed by atoms with Gasteiger partial charge in [-0.15, -0.1) is 0 Å². The number of amides is 4. The minimum atomic E-state index is -1.42.